The van der Waals surface area contributed by atoms with Gasteiger partial charge in [0, 0.05) is 5.56 Å². The summed E-state index contributed by atoms with van der Waals surface area (Å²) in [6, 6.07) is 5.74. The molecular weight excluding hydrogens is 192 g/mol. The quantitative estimate of drug-likeness (QED) is 0.683. The first-order valence-corrected chi connectivity index (χ1v) is 4.37. The average Bonchev–Trinajstić information content (AvgIpc) is 2.53. The van der Waals surface area contributed by atoms with E-state index in [2.05, 4.69) is 11.2 Å². The lowest BCUT2D eigenvalue weighted by molar-refractivity contribution is 0.628. The summed E-state index contributed by atoms with van der Waals surface area (Å²) in [5.41, 5.74) is 0.701. The zero-order chi connectivity index (χ0) is 9.26. The summed E-state index contributed by atoms with van der Waals surface area (Å²) < 4.78 is 25.0. The van der Waals surface area contributed by atoms with Crippen molar-refractivity contribution in [2.24, 2.45) is 0 Å². The topological polar surface area (TPSA) is 12.9 Å². The summed E-state index contributed by atoms with van der Waals surface area (Å²) >= 11 is 0.891. The molecule has 2 aromatic rings. The van der Waals surface area contributed by atoms with Gasteiger partial charge in [-0.05, 0) is 24.3 Å². The molecule has 1 heterocycles. The van der Waals surface area contributed by atoms with E-state index >= 15 is 0 Å². The molecule has 13 heavy (non-hydrogen) atoms. The first-order chi connectivity index (χ1) is 6.25. The fourth-order valence-corrected chi connectivity index (χ4v) is 1.55. The van der Waals surface area contributed by atoms with Crippen LogP contribution in [-0.2, 0) is 0 Å². The monoisotopic (exact) mass is 196 g/mol. The zero-order valence-corrected chi connectivity index (χ0v) is 7.24. The largest absolute Gasteiger partial charge is 0.231 e. The minimum absolute atomic E-state index is 0.315. The van der Waals surface area contributed by atoms with E-state index in [0.717, 1.165) is 11.3 Å². The lowest BCUT2D eigenvalue weighted by Crippen LogP contribution is -1.76. The number of aromatic nitrogens is 1. The summed E-state index contributed by atoms with van der Waals surface area (Å²) in [6.07, 6.45) is 2.19. The Morgan fingerprint density at radius 2 is 1.85 bits per heavy atom. The van der Waals surface area contributed by atoms with E-state index in [4.69, 9.17) is 0 Å². The molecule has 0 atom stereocenters. The van der Waals surface area contributed by atoms with Gasteiger partial charge in [0.1, 0.15) is 17.0 Å². The zero-order valence-electron chi connectivity index (χ0n) is 6.42. The Morgan fingerprint density at radius 1 is 1.15 bits per heavy atom. The van der Waals surface area contributed by atoms with E-state index in [1.807, 2.05) is 0 Å². The highest BCUT2D eigenvalue weighted by Gasteiger charge is 2.03. The van der Waals surface area contributed by atoms with Gasteiger partial charge in [-0.1, -0.05) is 11.3 Å². The van der Waals surface area contributed by atoms with E-state index in [1.54, 1.807) is 12.1 Å². The molecule has 0 fully saturated rings. The lowest BCUT2D eigenvalue weighted by Gasteiger charge is -1.93. The van der Waals surface area contributed by atoms with E-state index in [0.29, 0.717) is 10.6 Å². The molecule has 1 aromatic heterocycles. The summed E-state index contributed by atoms with van der Waals surface area (Å²) in [4.78, 5) is 3.71. The third kappa shape index (κ3) is 1.72. The van der Waals surface area contributed by atoms with Crippen LogP contribution >= 0.6 is 11.3 Å². The number of nitrogens with zero attached hydrogens (tertiary/aromatic N) is 1. The smallest absolute Gasteiger partial charge is 0.206 e. The van der Waals surface area contributed by atoms with E-state index in [1.165, 1.54) is 12.1 Å². The number of rotatable bonds is 1. The number of hydrogen-bond acceptors (Lipinski definition) is 2. The number of thiazole rings is 1. The molecule has 0 saturated heterocycles. The molecule has 0 aliphatic rings. The fourth-order valence-electron chi connectivity index (χ4n) is 0.941. The van der Waals surface area contributed by atoms with Gasteiger partial charge >= 0.3 is 0 Å². The fraction of sp³-hybridized carbons (Fsp3) is 0. The Labute approximate surface area is 77.7 Å². The Balaban J connectivity index is 2.41. The van der Waals surface area contributed by atoms with Crippen LogP contribution in [0, 0.1) is 17.1 Å². The van der Waals surface area contributed by atoms with Gasteiger partial charge in [0.25, 0.3) is 0 Å². The maximum Gasteiger partial charge on any atom is 0.206 e. The second-order valence-electron chi connectivity index (χ2n) is 2.41. The summed E-state index contributed by atoms with van der Waals surface area (Å²) in [5.74, 6) is -0.315. The summed E-state index contributed by atoms with van der Waals surface area (Å²) in [6.45, 7) is 0. The first-order valence-electron chi connectivity index (χ1n) is 3.55. The van der Waals surface area contributed by atoms with Crippen molar-refractivity contribution in [3.05, 3.63) is 41.4 Å². The maximum absolute atomic E-state index is 12.5. The highest BCUT2D eigenvalue weighted by Crippen LogP contribution is 2.23. The van der Waals surface area contributed by atoms with Crippen molar-refractivity contribution in [1.82, 2.24) is 4.98 Å². The second kappa shape index (κ2) is 3.22. The predicted octanol–water partition coefficient (Wildman–Crippen LogP) is 2.89. The van der Waals surface area contributed by atoms with Gasteiger partial charge in [-0.25, -0.2) is 9.37 Å². The van der Waals surface area contributed by atoms with Crippen LogP contribution < -0.4 is 0 Å². The summed E-state index contributed by atoms with van der Waals surface area (Å²) in [5, 5.41) is 0.0526. The van der Waals surface area contributed by atoms with Crippen LogP contribution in [0.15, 0.2) is 24.3 Å². The van der Waals surface area contributed by atoms with E-state index in [9.17, 15) is 8.78 Å². The standard InChI is InChI=1S/C9H4F2NS/c10-7-3-1-6(2-4-7)9-12-5-8(11)13-9/h1-4H. The molecule has 4 heteroatoms. The van der Waals surface area contributed by atoms with Gasteiger partial charge in [-0.3, -0.25) is 0 Å². The van der Waals surface area contributed by atoms with Crippen LogP contribution in [0.2, 0.25) is 0 Å². The highest BCUT2D eigenvalue weighted by molar-refractivity contribution is 7.13. The highest BCUT2D eigenvalue weighted by atomic mass is 32.1. The Bertz CT molecular complexity index is 408. The van der Waals surface area contributed by atoms with Gasteiger partial charge < -0.3 is 0 Å². The second-order valence-corrected chi connectivity index (χ2v) is 3.36. The molecule has 0 unspecified atom stereocenters. The predicted molar refractivity (Wildman–Crippen MR) is 46.3 cm³/mol. The van der Waals surface area contributed by atoms with Crippen LogP contribution in [0.3, 0.4) is 0 Å². The average molecular weight is 196 g/mol. The normalized spacial score (nSPS) is 10.3. The molecular formula is C9H4F2NS. The van der Waals surface area contributed by atoms with E-state index < -0.39 is 5.13 Å². The number of halogens is 2. The maximum atomic E-state index is 12.5. The molecule has 65 valence electrons. The van der Waals surface area contributed by atoms with Crippen LogP contribution in [-0.4, -0.2) is 4.98 Å². The Kier molecular flexibility index (Phi) is 2.06. The van der Waals surface area contributed by atoms with Crippen molar-refractivity contribution in [3.63, 3.8) is 0 Å². The number of benzene rings is 1. The van der Waals surface area contributed by atoms with Crippen LogP contribution in [0.25, 0.3) is 10.6 Å². The molecule has 0 N–H and O–H groups in total. The molecule has 2 rings (SSSR count). The van der Waals surface area contributed by atoms with Crippen LogP contribution in [0.4, 0.5) is 8.78 Å². The van der Waals surface area contributed by atoms with Crippen molar-refractivity contribution >= 4 is 11.3 Å². The lowest BCUT2D eigenvalue weighted by atomic mass is 10.2. The van der Waals surface area contributed by atoms with Crippen molar-refractivity contribution in [1.29, 1.82) is 0 Å². The van der Waals surface area contributed by atoms with Crippen LogP contribution in [0.5, 0.6) is 0 Å². The van der Waals surface area contributed by atoms with Crippen molar-refractivity contribution in [2.75, 3.05) is 0 Å². The SMILES string of the molecule is Fc1ccc(-c2n[c]c(F)s2)cc1. The van der Waals surface area contributed by atoms with Gasteiger partial charge in [-0.15, -0.1) is 0 Å². The summed E-state index contributed by atoms with van der Waals surface area (Å²) in [7, 11) is 0. The minimum Gasteiger partial charge on any atom is -0.231 e. The Morgan fingerprint density at radius 3 is 2.38 bits per heavy atom. The minimum atomic E-state index is -0.459. The van der Waals surface area contributed by atoms with Gasteiger partial charge in [0.2, 0.25) is 5.13 Å². The Hall–Kier alpha value is -1.29. The third-order valence-electron chi connectivity index (χ3n) is 1.52. The van der Waals surface area contributed by atoms with Crippen molar-refractivity contribution in [2.45, 2.75) is 0 Å². The van der Waals surface area contributed by atoms with Gasteiger partial charge in [0.15, 0.2) is 0 Å². The molecule has 1 aromatic carbocycles. The molecule has 1 nitrogen and oxygen atoms in total. The molecule has 0 spiro atoms. The van der Waals surface area contributed by atoms with Crippen molar-refractivity contribution in [3.8, 4) is 10.6 Å². The molecule has 0 saturated carbocycles. The third-order valence-corrected chi connectivity index (χ3v) is 2.31. The molecule has 0 amide bonds. The molecule has 0 aliphatic heterocycles. The molecule has 1 radical (unpaired) electrons. The number of hydrogen-bond donors (Lipinski definition) is 0. The van der Waals surface area contributed by atoms with Gasteiger partial charge in [0.05, 0.1) is 0 Å². The van der Waals surface area contributed by atoms with Crippen molar-refractivity contribution < 1.29 is 8.78 Å². The molecule has 0 bridgehead atoms. The first kappa shape index (κ1) is 8.31. The van der Waals surface area contributed by atoms with Gasteiger partial charge in [-0.2, -0.15) is 4.39 Å². The van der Waals surface area contributed by atoms with E-state index in [-0.39, 0.29) is 5.82 Å². The van der Waals surface area contributed by atoms with Crippen LogP contribution in [0.1, 0.15) is 0 Å². The molecule has 0 aliphatic carbocycles.